The SMILES string of the molecule is CC(C)(C)c1ccnc2c1nc1n3c4c(cc(Oc5[c-]c(-n6[c-][n+](-c7ccccc7)c7ccccc76)ccc5)[c-]c4n21)[Si](C)(C)c1ccccc1-3.[Pt]. The van der Waals surface area contributed by atoms with E-state index in [0.717, 1.165) is 55.9 Å². The van der Waals surface area contributed by atoms with Gasteiger partial charge in [-0.1, -0.05) is 94.5 Å². The zero-order valence-corrected chi connectivity index (χ0v) is 32.6. The molecule has 1 aliphatic heterocycles. The molecule has 0 unspecified atom stereocenters. The van der Waals surface area contributed by atoms with Crippen LogP contribution in [0.3, 0.4) is 0 Å². The number of aromatic nitrogens is 6. The first-order valence-corrected chi connectivity index (χ1v) is 20.3. The smallest absolute Gasteiger partial charge is 0.268 e. The number of rotatable bonds is 4. The maximum atomic E-state index is 6.74. The van der Waals surface area contributed by atoms with E-state index in [1.54, 1.807) is 0 Å². The molecular formula is C43H34N6OPtSi-2. The first-order valence-electron chi connectivity index (χ1n) is 17.3. The molecule has 52 heavy (non-hydrogen) atoms. The second-order valence-corrected chi connectivity index (χ2v) is 19.2. The summed E-state index contributed by atoms with van der Waals surface area (Å²) in [5.74, 6) is 2.08. The number of nitrogens with zero attached hydrogens (tertiary/aromatic N) is 6. The number of ether oxygens (including phenoxy) is 1. The molecule has 0 saturated heterocycles. The van der Waals surface area contributed by atoms with Gasteiger partial charge in [-0.05, 0) is 57.2 Å². The number of imidazole rings is 3. The molecule has 0 fully saturated rings. The molecule has 10 rings (SSSR count). The van der Waals surface area contributed by atoms with Gasteiger partial charge >= 0.3 is 0 Å². The molecule has 0 spiro atoms. The molecule has 7 nitrogen and oxygen atoms in total. The minimum Gasteiger partial charge on any atom is -0.510 e. The zero-order chi connectivity index (χ0) is 34.6. The van der Waals surface area contributed by atoms with Gasteiger partial charge in [0.05, 0.1) is 24.8 Å². The van der Waals surface area contributed by atoms with E-state index >= 15 is 0 Å². The van der Waals surface area contributed by atoms with Crippen molar-refractivity contribution in [3.05, 3.63) is 139 Å². The van der Waals surface area contributed by atoms with Crippen LogP contribution in [0.2, 0.25) is 13.1 Å². The van der Waals surface area contributed by atoms with Gasteiger partial charge in [0.1, 0.15) is 5.52 Å². The van der Waals surface area contributed by atoms with Crippen LogP contribution in [0.4, 0.5) is 0 Å². The first-order chi connectivity index (χ1) is 24.7. The predicted octanol–water partition coefficient (Wildman–Crippen LogP) is 7.67. The molecule has 0 radical (unpaired) electrons. The fourth-order valence-corrected chi connectivity index (χ4v) is 10.8. The number of pyridine rings is 1. The predicted molar refractivity (Wildman–Crippen MR) is 204 cm³/mol. The van der Waals surface area contributed by atoms with Gasteiger partial charge in [-0.3, -0.25) is 8.97 Å². The third kappa shape index (κ3) is 4.70. The minimum absolute atomic E-state index is 0. The van der Waals surface area contributed by atoms with E-state index in [1.807, 2.05) is 53.2 Å². The Kier molecular flexibility index (Phi) is 7.27. The Morgan fingerprint density at radius 3 is 2.38 bits per heavy atom. The van der Waals surface area contributed by atoms with Gasteiger partial charge in [-0.25, -0.2) is 9.97 Å². The van der Waals surface area contributed by atoms with E-state index in [0.29, 0.717) is 11.5 Å². The third-order valence-corrected chi connectivity index (χ3v) is 13.8. The van der Waals surface area contributed by atoms with E-state index in [-0.39, 0.29) is 26.5 Å². The topological polar surface area (TPSA) is 53.2 Å². The Balaban J connectivity index is 0.00000360. The van der Waals surface area contributed by atoms with Crippen molar-refractivity contribution in [2.45, 2.75) is 39.3 Å². The van der Waals surface area contributed by atoms with Gasteiger partial charge in [0.25, 0.3) is 6.33 Å². The van der Waals surface area contributed by atoms with Gasteiger partial charge in [-0.15, -0.1) is 29.5 Å². The van der Waals surface area contributed by atoms with Crippen molar-refractivity contribution in [2.24, 2.45) is 0 Å². The molecule has 0 amide bonds. The fourth-order valence-electron chi connectivity index (χ4n) is 7.80. The summed E-state index contributed by atoms with van der Waals surface area (Å²) in [5, 5.41) is 2.64. The fraction of sp³-hybridized carbons (Fsp3) is 0.140. The normalized spacial score (nSPS) is 13.5. The summed E-state index contributed by atoms with van der Waals surface area (Å²) in [4.78, 5) is 10.2. The summed E-state index contributed by atoms with van der Waals surface area (Å²) in [5.41, 5.74) is 9.98. The van der Waals surface area contributed by atoms with Crippen molar-refractivity contribution >= 4 is 57.5 Å². The van der Waals surface area contributed by atoms with E-state index in [4.69, 9.17) is 14.7 Å². The molecule has 258 valence electrons. The molecule has 5 aromatic carbocycles. The molecule has 0 bridgehead atoms. The summed E-state index contributed by atoms with van der Waals surface area (Å²) in [7, 11) is -2.18. The second kappa shape index (κ2) is 11.6. The molecule has 0 aliphatic carbocycles. The van der Waals surface area contributed by atoms with E-state index in [9.17, 15) is 0 Å². The number of fused-ring (bicyclic) bond motifs is 8. The van der Waals surface area contributed by atoms with Crippen LogP contribution in [0.25, 0.3) is 56.1 Å². The number of para-hydroxylation sites is 4. The molecule has 9 aromatic rings. The molecule has 0 saturated carbocycles. The molecule has 0 atom stereocenters. The van der Waals surface area contributed by atoms with Crippen LogP contribution < -0.4 is 19.7 Å². The van der Waals surface area contributed by atoms with E-state index < -0.39 is 8.07 Å². The number of hydrogen-bond donors (Lipinski definition) is 0. The van der Waals surface area contributed by atoms with Crippen LogP contribution >= 0.6 is 0 Å². The largest absolute Gasteiger partial charge is 0.510 e. The van der Waals surface area contributed by atoms with Crippen molar-refractivity contribution in [1.29, 1.82) is 0 Å². The van der Waals surface area contributed by atoms with Gasteiger partial charge in [0, 0.05) is 44.4 Å². The van der Waals surface area contributed by atoms with Crippen LogP contribution in [0.5, 0.6) is 11.5 Å². The van der Waals surface area contributed by atoms with Gasteiger partial charge < -0.3 is 13.9 Å². The van der Waals surface area contributed by atoms with Crippen LogP contribution in [-0.2, 0) is 26.5 Å². The molecule has 0 N–H and O–H groups in total. The van der Waals surface area contributed by atoms with Crippen molar-refractivity contribution in [3.8, 4) is 28.6 Å². The Hall–Kier alpha value is -5.30. The van der Waals surface area contributed by atoms with Crippen LogP contribution in [0, 0.1) is 18.5 Å². The molecule has 5 heterocycles. The number of benzene rings is 5. The minimum atomic E-state index is -2.18. The number of hydrogen-bond acceptors (Lipinski definition) is 3. The Morgan fingerprint density at radius 2 is 1.56 bits per heavy atom. The van der Waals surface area contributed by atoms with Gasteiger partial charge in [-0.2, -0.15) is 12.1 Å². The Labute approximate surface area is 317 Å². The summed E-state index contributed by atoms with van der Waals surface area (Å²) < 4.78 is 15.3. The second-order valence-electron chi connectivity index (χ2n) is 14.8. The maximum absolute atomic E-state index is 6.74. The van der Waals surface area contributed by atoms with Crippen LogP contribution in [0.1, 0.15) is 26.3 Å². The van der Waals surface area contributed by atoms with Crippen molar-refractivity contribution in [2.75, 3.05) is 0 Å². The van der Waals surface area contributed by atoms with Crippen molar-refractivity contribution < 1.29 is 30.4 Å². The van der Waals surface area contributed by atoms with Gasteiger partial charge in [0.15, 0.2) is 5.65 Å². The van der Waals surface area contributed by atoms with Crippen molar-refractivity contribution in [3.63, 3.8) is 0 Å². The average molecular weight is 874 g/mol. The Bertz CT molecular complexity index is 2860. The first kappa shape index (κ1) is 32.6. The molecule has 9 heteroatoms. The quantitative estimate of drug-likeness (QED) is 0.104. The summed E-state index contributed by atoms with van der Waals surface area (Å²) >= 11 is 0. The molecule has 1 aliphatic rings. The third-order valence-electron chi connectivity index (χ3n) is 10.3. The van der Waals surface area contributed by atoms with Crippen LogP contribution in [-0.4, -0.2) is 31.6 Å². The standard InChI is InChI=1S/C43H34N6OSi.Pt/c1-43(2,3)32-22-23-44-41-39(32)45-42-48-35-20-11-12-21-37(35)51(4,5)38-26-31(25-36(40(38)48)49(41)42)50-30-17-13-16-29(24-30)47-27-46(28-14-7-6-8-15-28)33-18-9-10-19-34(33)47;/h6-23,26H,1-5H3;/q-2;. The van der Waals surface area contributed by atoms with Crippen LogP contribution in [0.15, 0.2) is 115 Å². The maximum Gasteiger partial charge on any atom is 0.268 e. The Morgan fingerprint density at radius 1 is 0.788 bits per heavy atom. The molecule has 4 aromatic heterocycles. The summed E-state index contributed by atoms with van der Waals surface area (Å²) in [6, 6.07) is 44.9. The molecular weight excluding hydrogens is 840 g/mol. The monoisotopic (exact) mass is 873 g/mol. The van der Waals surface area contributed by atoms with Crippen molar-refractivity contribution in [1.82, 2.24) is 23.5 Å². The van der Waals surface area contributed by atoms with E-state index in [1.165, 1.54) is 16.1 Å². The summed E-state index contributed by atoms with van der Waals surface area (Å²) in [6.07, 6.45) is 5.46. The van der Waals surface area contributed by atoms with Gasteiger partial charge in [0.2, 0.25) is 5.78 Å². The van der Waals surface area contributed by atoms with E-state index in [2.05, 4.69) is 133 Å². The average Bonchev–Trinajstić information content (AvgIpc) is 3.80. The zero-order valence-electron chi connectivity index (χ0n) is 29.4. The summed E-state index contributed by atoms with van der Waals surface area (Å²) in [6.45, 7) is 11.5.